The quantitative estimate of drug-likeness (QED) is 0.720. The fraction of sp³-hybridized carbons (Fsp3) is 0.600. The third kappa shape index (κ3) is 8.33. The lowest BCUT2D eigenvalue weighted by Gasteiger charge is -2.18. The molecule has 0 aromatic carbocycles. The van der Waals surface area contributed by atoms with Gasteiger partial charge in [-0.15, -0.1) is 0 Å². The van der Waals surface area contributed by atoms with Crippen molar-refractivity contribution in [2.45, 2.75) is 31.4 Å². The Kier molecular flexibility index (Phi) is 6.73. The van der Waals surface area contributed by atoms with Crippen molar-refractivity contribution in [1.29, 1.82) is 0 Å². The molecule has 152 valence electrons. The molecular formula is C15H18F6N4O2. The molecule has 2 heterocycles. The van der Waals surface area contributed by atoms with E-state index < -0.39 is 37.6 Å². The Morgan fingerprint density at radius 2 is 2.00 bits per heavy atom. The first-order chi connectivity index (χ1) is 12.5. The second kappa shape index (κ2) is 8.63. The number of halogens is 6. The minimum Gasteiger partial charge on any atom is -0.468 e. The van der Waals surface area contributed by atoms with Crippen LogP contribution in [0, 0.1) is 0 Å². The number of likely N-dealkylation sites (tertiary alicyclic amines) is 1. The summed E-state index contributed by atoms with van der Waals surface area (Å²) in [6, 6.07) is 1.76. The van der Waals surface area contributed by atoms with Crippen LogP contribution in [0.5, 0.6) is 5.88 Å². The van der Waals surface area contributed by atoms with Crippen LogP contribution in [0.3, 0.4) is 0 Å². The van der Waals surface area contributed by atoms with Crippen LogP contribution in [0.1, 0.15) is 12.0 Å². The third-order valence-corrected chi connectivity index (χ3v) is 3.65. The average molecular weight is 400 g/mol. The number of aromatic nitrogens is 1. The average Bonchev–Trinajstić information content (AvgIpc) is 2.95. The standard InChI is InChI=1S/C15H18F6N4O2/c16-14(17,18)8-25-4-2-11(7-25)24-13(26)23-6-10-1-3-22-12(5-10)27-9-15(19,20)21/h1,3,5,11H,2,4,6-9H2,(H2,23,24,26)/t11-/m1/s1. The molecule has 0 bridgehead atoms. The minimum atomic E-state index is -4.49. The van der Waals surface area contributed by atoms with Crippen molar-refractivity contribution in [2.75, 3.05) is 26.2 Å². The fourth-order valence-electron chi connectivity index (χ4n) is 2.56. The van der Waals surface area contributed by atoms with Gasteiger partial charge in [0.15, 0.2) is 6.61 Å². The number of urea groups is 1. The van der Waals surface area contributed by atoms with E-state index in [1.807, 2.05) is 0 Å². The fourth-order valence-corrected chi connectivity index (χ4v) is 2.56. The van der Waals surface area contributed by atoms with Crippen molar-refractivity contribution in [3.63, 3.8) is 0 Å². The van der Waals surface area contributed by atoms with E-state index in [1.165, 1.54) is 23.2 Å². The number of carbonyl (C=O) groups is 1. The number of alkyl halides is 6. The molecule has 0 spiro atoms. The highest BCUT2D eigenvalue weighted by Crippen LogP contribution is 2.20. The highest BCUT2D eigenvalue weighted by atomic mass is 19.4. The smallest absolute Gasteiger partial charge is 0.422 e. The van der Waals surface area contributed by atoms with Gasteiger partial charge in [-0.1, -0.05) is 0 Å². The molecule has 0 unspecified atom stereocenters. The molecular weight excluding hydrogens is 382 g/mol. The largest absolute Gasteiger partial charge is 0.468 e. The van der Waals surface area contributed by atoms with E-state index in [0.717, 1.165) is 0 Å². The van der Waals surface area contributed by atoms with Crippen LogP contribution in [0.4, 0.5) is 31.1 Å². The number of rotatable bonds is 6. The molecule has 1 atom stereocenters. The second-order valence-electron chi connectivity index (χ2n) is 6.07. The SMILES string of the molecule is O=C(NCc1ccnc(OCC(F)(F)F)c1)N[C@@H]1CCN(CC(F)(F)F)C1. The predicted octanol–water partition coefficient (Wildman–Crippen LogP) is 2.46. The molecule has 1 saturated heterocycles. The molecule has 1 fully saturated rings. The molecule has 6 nitrogen and oxygen atoms in total. The number of hydrogen-bond acceptors (Lipinski definition) is 4. The van der Waals surface area contributed by atoms with Crippen LogP contribution in [0.25, 0.3) is 0 Å². The zero-order chi connectivity index (χ0) is 20.1. The van der Waals surface area contributed by atoms with E-state index in [9.17, 15) is 31.1 Å². The predicted molar refractivity (Wildman–Crippen MR) is 82.1 cm³/mol. The third-order valence-electron chi connectivity index (χ3n) is 3.65. The molecule has 0 saturated carbocycles. The van der Waals surface area contributed by atoms with Crippen molar-refractivity contribution < 1.29 is 35.9 Å². The van der Waals surface area contributed by atoms with Gasteiger partial charge >= 0.3 is 18.4 Å². The zero-order valence-corrected chi connectivity index (χ0v) is 14.0. The summed E-state index contributed by atoms with van der Waals surface area (Å²) >= 11 is 0. The molecule has 27 heavy (non-hydrogen) atoms. The molecule has 0 radical (unpaired) electrons. The van der Waals surface area contributed by atoms with E-state index in [4.69, 9.17) is 0 Å². The number of amides is 2. The number of nitrogens with one attached hydrogen (secondary N) is 2. The maximum atomic E-state index is 12.3. The molecule has 2 rings (SSSR count). The molecule has 2 N–H and O–H groups in total. The first-order valence-corrected chi connectivity index (χ1v) is 7.98. The Balaban J connectivity index is 1.74. The first-order valence-electron chi connectivity index (χ1n) is 7.98. The monoisotopic (exact) mass is 400 g/mol. The van der Waals surface area contributed by atoms with E-state index in [0.29, 0.717) is 12.0 Å². The van der Waals surface area contributed by atoms with Gasteiger partial charge in [0.05, 0.1) is 6.54 Å². The maximum Gasteiger partial charge on any atom is 0.422 e. The summed E-state index contributed by atoms with van der Waals surface area (Å²) in [5.74, 6) is -0.231. The number of nitrogens with zero attached hydrogens (tertiary/aromatic N) is 2. The van der Waals surface area contributed by atoms with Crippen molar-refractivity contribution in [3.8, 4) is 5.88 Å². The van der Waals surface area contributed by atoms with E-state index in [-0.39, 0.29) is 25.5 Å². The van der Waals surface area contributed by atoms with Gasteiger partial charge in [-0.2, -0.15) is 26.3 Å². The van der Waals surface area contributed by atoms with Gasteiger partial charge in [-0.3, -0.25) is 4.90 Å². The normalized spacial score (nSPS) is 18.4. The van der Waals surface area contributed by atoms with Crippen molar-refractivity contribution >= 4 is 6.03 Å². The number of hydrogen-bond donors (Lipinski definition) is 2. The molecule has 2 amide bonds. The summed E-state index contributed by atoms with van der Waals surface area (Å²) in [7, 11) is 0. The van der Waals surface area contributed by atoms with Gasteiger partial charge in [0.25, 0.3) is 0 Å². The Hall–Kier alpha value is -2.24. The van der Waals surface area contributed by atoms with E-state index in [2.05, 4.69) is 20.4 Å². The van der Waals surface area contributed by atoms with E-state index in [1.54, 1.807) is 0 Å². The van der Waals surface area contributed by atoms with Crippen LogP contribution >= 0.6 is 0 Å². The summed E-state index contributed by atoms with van der Waals surface area (Å²) in [6.07, 6.45) is -7.14. The summed E-state index contributed by atoms with van der Waals surface area (Å²) < 4.78 is 77.9. The topological polar surface area (TPSA) is 66.5 Å². The maximum absolute atomic E-state index is 12.3. The van der Waals surface area contributed by atoms with Crippen molar-refractivity contribution in [3.05, 3.63) is 23.9 Å². The van der Waals surface area contributed by atoms with Gasteiger partial charge < -0.3 is 15.4 Å². The van der Waals surface area contributed by atoms with Gasteiger partial charge in [0.2, 0.25) is 5.88 Å². The highest BCUT2D eigenvalue weighted by molar-refractivity contribution is 5.74. The van der Waals surface area contributed by atoms with Gasteiger partial charge in [0.1, 0.15) is 0 Å². The van der Waals surface area contributed by atoms with E-state index >= 15 is 0 Å². The summed E-state index contributed by atoms with van der Waals surface area (Å²) in [5, 5.41) is 5.06. The van der Waals surface area contributed by atoms with Crippen molar-refractivity contribution in [2.24, 2.45) is 0 Å². The minimum absolute atomic E-state index is 0.00425. The van der Waals surface area contributed by atoms with Crippen molar-refractivity contribution in [1.82, 2.24) is 20.5 Å². The van der Waals surface area contributed by atoms with Gasteiger partial charge in [-0.05, 0) is 18.1 Å². The Morgan fingerprint density at radius 3 is 2.67 bits per heavy atom. The van der Waals surface area contributed by atoms with Crippen LogP contribution in [0.2, 0.25) is 0 Å². The summed E-state index contributed by atoms with van der Waals surface area (Å²) in [6.45, 7) is -2.18. The lowest BCUT2D eigenvalue weighted by molar-refractivity contribution is -0.154. The molecule has 0 aliphatic carbocycles. The Bertz CT molecular complexity index is 637. The summed E-state index contributed by atoms with van der Waals surface area (Å²) in [5.41, 5.74) is 0.461. The Morgan fingerprint density at radius 1 is 1.26 bits per heavy atom. The molecule has 1 aliphatic rings. The van der Waals surface area contributed by atoms with Crippen LogP contribution in [0.15, 0.2) is 18.3 Å². The van der Waals surface area contributed by atoms with Gasteiger partial charge in [0, 0.05) is 37.9 Å². The van der Waals surface area contributed by atoms with Crippen LogP contribution in [-0.2, 0) is 6.54 Å². The first kappa shape index (κ1) is 21.1. The zero-order valence-electron chi connectivity index (χ0n) is 14.0. The molecule has 1 aliphatic heterocycles. The second-order valence-corrected chi connectivity index (χ2v) is 6.07. The number of pyridine rings is 1. The summed E-state index contributed by atoms with van der Waals surface area (Å²) in [4.78, 5) is 16.7. The molecule has 1 aromatic heterocycles. The van der Waals surface area contributed by atoms with Gasteiger partial charge in [-0.25, -0.2) is 9.78 Å². The molecule has 12 heteroatoms. The lowest BCUT2D eigenvalue weighted by Crippen LogP contribution is -2.43. The lowest BCUT2D eigenvalue weighted by atomic mass is 10.2. The number of carbonyl (C=O) groups excluding carboxylic acids is 1. The Labute approximate surface area is 150 Å². The molecule has 1 aromatic rings. The number of ether oxygens (including phenoxy) is 1. The van der Waals surface area contributed by atoms with Crippen LogP contribution in [-0.4, -0.2) is 60.6 Å². The highest BCUT2D eigenvalue weighted by Gasteiger charge is 2.34. The van der Waals surface area contributed by atoms with Crippen LogP contribution < -0.4 is 15.4 Å².